The summed E-state index contributed by atoms with van der Waals surface area (Å²) in [5, 5.41) is 4.11. The summed E-state index contributed by atoms with van der Waals surface area (Å²) in [7, 11) is 0. The Morgan fingerprint density at radius 1 is 1.16 bits per heavy atom. The lowest BCUT2D eigenvalue weighted by molar-refractivity contribution is -0.121. The van der Waals surface area contributed by atoms with E-state index in [1.807, 2.05) is 31.5 Å². The summed E-state index contributed by atoms with van der Waals surface area (Å²) in [5.74, 6) is 0.597. The Balaban J connectivity index is 1.63. The molecule has 0 aliphatic heterocycles. The Kier molecular flexibility index (Phi) is 9.28. The fourth-order valence-electron chi connectivity index (χ4n) is 4.15. The second kappa shape index (κ2) is 12.4. The molecule has 1 atom stereocenters. The van der Waals surface area contributed by atoms with Crippen LogP contribution in [0.2, 0.25) is 0 Å². The third-order valence-corrected chi connectivity index (χ3v) is 5.89. The standard InChI is InChI=1S/C25H37N5O2/c1-3-5-6-7-8-15-22(31)27-16-11-12-19(17-32-4-2)30-18-28-23-24(30)20-13-9-10-14-21(20)29-25(23)26/h9-10,13-14,18-19H,3-8,11-12,15-17H2,1-2H3,(H2,26,29)(H,27,31)/t19-/m0/s1. The predicted molar refractivity (Wildman–Crippen MR) is 131 cm³/mol. The van der Waals surface area contributed by atoms with Crippen molar-refractivity contribution in [3.63, 3.8) is 0 Å². The minimum Gasteiger partial charge on any atom is -0.382 e. The summed E-state index contributed by atoms with van der Waals surface area (Å²) >= 11 is 0. The van der Waals surface area contributed by atoms with E-state index >= 15 is 0 Å². The molecule has 2 aromatic heterocycles. The number of benzene rings is 1. The van der Waals surface area contributed by atoms with Crippen molar-refractivity contribution in [2.24, 2.45) is 0 Å². The number of aromatic nitrogens is 3. The minimum absolute atomic E-state index is 0.108. The number of ether oxygens (including phenoxy) is 1. The van der Waals surface area contributed by atoms with Crippen LogP contribution >= 0.6 is 0 Å². The van der Waals surface area contributed by atoms with E-state index < -0.39 is 0 Å². The van der Waals surface area contributed by atoms with Gasteiger partial charge in [-0.2, -0.15) is 0 Å². The van der Waals surface area contributed by atoms with Gasteiger partial charge in [0.25, 0.3) is 0 Å². The van der Waals surface area contributed by atoms with Gasteiger partial charge in [-0.25, -0.2) is 9.97 Å². The molecule has 0 spiro atoms. The summed E-state index contributed by atoms with van der Waals surface area (Å²) < 4.78 is 7.96. The van der Waals surface area contributed by atoms with Crippen LogP contribution in [-0.4, -0.2) is 40.2 Å². The lowest BCUT2D eigenvalue weighted by Crippen LogP contribution is -2.25. The van der Waals surface area contributed by atoms with Crippen LogP contribution in [0, 0.1) is 0 Å². The van der Waals surface area contributed by atoms with Gasteiger partial charge in [0.1, 0.15) is 5.52 Å². The van der Waals surface area contributed by atoms with E-state index in [1.165, 1.54) is 19.3 Å². The fraction of sp³-hybridized carbons (Fsp3) is 0.560. The summed E-state index contributed by atoms with van der Waals surface area (Å²) in [6, 6.07) is 8.10. The molecule has 32 heavy (non-hydrogen) atoms. The molecule has 0 radical (unpaired) electrons. The van der Waals surface area contributed by atoms with Gasteiger partial charge in [0.15, 0.2) is 5.82 Å². The number of para-hydroxylation sites is 1. The lowest BCUT2D eigenvalue weighted by Gasteiger charge is -2.20. The number of anilines is 1. The van der Waals surface area contributed by atoms with Crippen molar-refractivity contribution in [1.82, 2.24) is 19.9 Å². The first-order chi connectivity index (χ1) is 15.7. The van der Waals surface area contributed by atoms with Crippen LogP contribution in [-0.2, 0) is 9.53 Å². The molecule has 3 aromatic rings. The van der Waals surface area contributed by atoms with Crippen LogP contribution in [0.1, 0.15) is 71.3 Å². The van der Waals surface area contributed by atoms with Crippen molar-refractivity contribution in [3.05, 3.63) is 30.6 Å². The zero-order valence-electron chi connectivity index (χ0n) is 19.5. The molecule has 0 fully saturated rings. The third kappa shape index (κ3) is 6.19. The maximum Gasteiger partial charge on any atom is 0.219 e. The van der Waals surface area contributed by atoms with Gasteiger partial charge in [0, 0.05) is 25.0 Å². The Hall–Kier alpha value is -2.67. The summed E-state index contributed by atoms with van der Waals surface area (Å²) in [5.41, 5.74) is 8.77. The molecule has 1 amide bonds. The number of hydrogen-bond donors (Lipinski definition) is 2. The second-order valence-corrected chi connectivity index (χ2v) is 8.33. The molecule has 2 heterocycles. The van der Waals surface area contributed by atoms with Crippen molar-refractivity contribution < 1.29 is 9.53 Å². The van der Waals surface area contributed by atoms with Crippen LogP contribution in [0.25, 0.3) is 21.9 Å². The molecular formula is C25H37N5O2. The highest BCUT2D eigenvalue weighted by atomic mass is 16.5. The average molecular weight is 440 g/mol. The number of fused-ring (bicyclic) bond motifs is 3. The van der Waals surface area contributed by atoms with E-state index in [4.69, 9.17) is 10.5 Å². The number of carbonyl (C=O) groups excluding carboxylic acids is 1. The maximum atomic E-state index is 12.1. The monoisotopic (exact) mass is 439 g/mol. The Labute approximate surface area is 190 Å². The van der Waals surface area contributed by atoms with Gasteiger partial charge in [0.2, 0.25) is 5.91 Å². The molecular weight excluding hydrogens is 402 g/mol. The lowest BCUT2D eigenvalue weighted by atomic mass is 10.1. The zero-order valence-corrected chi connectivity index (χ0v) is 19.5. The first-order valence-corrected chi connectivity index (χ1v) is 12.0. The average Bonchev–Trinajstić information content (AvgIpc) is 3.24. The first kappa shape index (κ1) is 24.0. The van der Waals surface area contributed by atoms with Crippen LogP contribution in [0.15, 0.2) is 30.6 Å². The van der Waals surface area contributed by atoms with E-state index in [1.54, 1.807) is 0 Å². The molecule has 0 unspecified atom stereocenters. The van der Waals surface area contributed by atoms with Crippen molar-refractivity contribution in [3.8, 4) is 0 Å². The normalized spacial score (nSPS) is 12.4. The van der Waals surface area contributed by atoms with Gasteiger partial charge in [0.05, 0.1) is 30.0 Å². The van der Waals surface area contributed by atoms with Crippen molar-refractivity contribution in [2.75, 3.05) is 25.5 Å². The number of nitrogens with two attached hydrogens (primary N) is 1. The topological polar surface area (TPSA) is 95.1 Å². The van der Waals surface area contributed by atoms with Gasteiger partial charge >= 0.3 is 0 Å². The molecule has 7 nitrogen and oxygen atoms in total. The number of pyridine rings is 1. The van der Waals surface area contributed by atoms with E-state index in [0.29, 0.717) is 32.0 Å². The van der Waals surface area contributed by atoms with Crippen LogP contribution in [0.4, 0.5) is 5.82 Å². The first-order valence-electron chi connectivity index (χ1n) is 12.0. The largest absolute Gasteiger partial charge is 0.382 e. The number of nitrogen functional groups attached to an aromatic ring is 1. The minimum atomic E-state index is 0.108. The highest BCUT2D eigenvalue weighted by Gasteiger charge is 2.18. The number of hydrogen-bond acceptors (Lipinski definition) is 5. The van der Waals surface area contributed by atoms with Gasteiger partial charge in [-0.05, 0) is 32.3 Å². The SMILES string of the molecule is CCCCCCCC(=O)NCCC[C@@H](COCC)n1cnc2c(N)nc3ccccc3c21. The molecule has 174 valence electrons. The molecule has 7 heteroatoms. The molecule has 0 aliphatic carbocycles. The molecule has 1 aromatic carbocycles. The second-order valence-electron chi connectivity index (χ2n) is 8.33. The maximum absolute atomic E-state index is 12.1. The van der Waals surface area contributed by atoms with Crippen molar-refractivity contribution in [1.29, 1.82) is 0 Å². The summed E-state index contributed by atoms with van der Waals surface area (Å²) in [4.78, 5) is 21.2. The zero-order chi connectivity index (χ0) is 22.8. The Morgan fingerprint density at radius 3 is 2.78 bits per heavy atom. The summed E-state index contributed by atoms with van der Waals surface area (Å²) in [6.07, 6.45) is 10.0. The number of nitrogens with zero attached hydrogens (tertiary/aromatic N) is 3. The van der Waals surface area contributed by atoms with Crippen LogP contribution < -0.4 is 11.1 Å². The van der Waals surface area contributed by atoms with Gasteiger partial charge in [-0.15, -0.1) is 0 Å². The van der Waals surface area contributed by atoms with Gasteiger partial charge in [-0.3, -0.25) is 4.79 Å². The van der Waals surface area contributed by atoms with E-state index in [-0.39, 0.29) is 11.9 Å². The number of amides is 1. The number of rotatable bonds is 14. The molecule has 0 saturated heterocycles. The molecule has 3 rings (SSSR count). The van der Waals surface area contributed by atoms with Gasteiger partial charge in [-0.1, -0.05) is 50.8 Å². The van der Waals surface area contributed by atoms with E-state index in [0.717, 1.165) is 47.6 Å². The Morgan fingerprint density at radius 2 is 1.97 bits per heavy atom. The highest BCUT2D eigenvalue weighted by molar-refractivity contribution is 6.06. The number of nitrogens with one attached hydrogen (secondary N) is 1. The summed E-state index contributed by atoms with van der Waals surface area (Å²) in [6.45, 7) is 6.12. The fourth-order valence-corrected chi connectivity index (χ4v) is 4.15. The van der Waals surface area contributed by atoms with E-state index in [2.05, 4.69) is 32.8 Å². The smallest absolute Gasteiger partial charge is 0.219 e. The highest BCUT2D eigenvalue weighted by Crippen LogP contribution is 2.30. The van der Waals surface area contributed by atoms with Crippen molar-refractivity contribution in [2.45, 2.75) is 71.3 Å². The molecule has 3 N–H and O–H groups in total. The van der Waals surface area contributed by atoms with Gasteiger partial charge < -0.3 is 20.4 Å². The van der Waals surface area contributed by atoms with Crippen molar-refractivity contribution >= 4 is 33.7 Å². The van der Waals surface area contributed by atoms with Crippen LogP contribution in [0.5, 0.6) is 0 Å². The predicted octanol–water partition coefficient (Wildman–Crippen LogP) is 5.00. The number of imidazole rings is 1. The molecule has 0 aliphatic rings. The Bertz CT molecular complexity index is 1000. The number of carbonyl (C=O) groups is 1. The third-order valence-electron chi connectivity index (χ3n) is 5.89. The van der Waals surface area contributed by atoms with E-state index in [9.17, 15) is 4.79 Å². The molecule has 0 saturated carbocycles. The quantitative estimate of drug-likeness (QED) is 0.345. The van der Waals surface area contributed by atoms with Crippen LogP contribution in [0.3, 0.4) is 0 Å². The molecule has 0 bridgehead atoms. The number of unbranched alkanes of at least 4 members (excludes halogenated alkanes) is 4.